The average molecular weight is 465 g/mol. The van der Waals surface area contributed by atoms with Gasteiger partial charge in [0.05, 0.1) is 11.2 Å². The van der Waals surface area contributed by atoms with Crippen LogP contribution in [0.25, 0.3) is 0 Å². The maximum Gasteiger partial charge on any atom is 0.494 e. The van der Waals surface area contributed by atoms with Crippen molar-refractivity contribution in [1.29, 1.82) is 0 Å². The Labute approximate surface area is 208 Å². The molecule has 1 N–H and O–H groups in total. The van der Waals surface area contributed by atoms with Crippen LogP contribution in [0, 0.1) is 13.8 Å². The van der Waals surface area contributed by atoms with Crippen LogP contribution in [-0.4, -0.2) is 30.0 Å². The summed E-state index contributed by atoms with van der Waals surface area (Å²) in [4.78, 5) is 9.92. The summed E-state index contributed by atoms with van der Waals surface area (Å²) in [5, 5.41) is 3.47. The smallest absolute Gasteiger partial charge is 0.399 e. The molecule has 0 aliphatic carbocycles. The van der Waals surface area contributed by atoms with Crippen LogP contribution in [0.1, 0.15) is 61.7 Å². The summed E-state index contributed by atoms with van der Waals surface area (Å²) < 4.78 is 12.4. The lowest BCUT2D eigenvalue weighted by Gasteiger charge is -2.32. The van der Waals surface area contributed by atoms with E-state index in [4.69, 9.17) is 19.3 Å². The Morgan fingerprint density at radius 2 is 1.09 bits per heavy atom. The van der Waals surface area contributed by atoms with Crippen molar-refractivity contribution in [3.63, 3.8) is 0 Å². The maximum absolute atomic E-state index is 6.22. The van der Waals surface area contributed by atoms with E-state index in [1.165, 1.54) is 11.1 Å². The van der Waals surface area contributed by atoms with E-state index in [1.807, 2.05) is 0 Å². The van der Waals surface area contributed by atoms with Gasteiger partial charge in [0.25, 0.3) is 0 Å². The quantitative estimate of drug-likeness (QED) is 0.546. The van der Waals surface area contributed by atoms with Crippen LogP contribution >= 0.6 is 0 Å². The molecule has 35 heavy (non-hydrogen) atoms. The average Bonchev–Trinajstić information content (AvgIpc) is 3.06. The van der Waals surface area contributed by atoms with Gasteiger partial charge in [-0.1, -0.05) is 83.9 Å². The van der Waals surface area contributed by atoms with E-state index in [0.29, 0.717) is 0 Å². The van der Waals surface area contributed by atoms with Gasteiger partial charge < -0.3 is 14.6 Å². The second-order valence-electron chi connectivity index (χ2n) is 10.4. The van der Waals surface area contributed by atoms with Crippen LogP contribution < -0.4 is 10.8 Å². The Morgan fingerprint density at radius 1 is 0.657 bits per heavy atom. The third-order valence-corrected chi connectivity index (χ3v) is 7.15. The van der Waals surface area contributed by atoms with Crippen molar-refractivity contribution < 1.29 is 9.31 Å². The molecule has 5 rings (SSSR count). The van der Waals surface area contributed by atoms with Crippen LogP contribution in [0.15, 0.2) is 82.8 Å². The standard InChI is InChI=1S/C29H32BN3O2/c1-19-7-11-21(12-8-19)25-31-26(22-13-9-20(2)10-14-22)33-27(32-25)23-15-17-24(18-16-23)30-34-28(3,4)29(5,6)35-30/h7-18,25H,1-6H3,(H,31,32,33). The summed E-state index contributed by atoms with van der Waals surface area (Å²) in [5.41, 5.74) is 5.77. The summed E-state index contributed by atoms with van der Waals surface area (Å²) in [6.07, 6.45) is -0.314. The normalized spacial score (nSPS) is 20.7. The molecule has 1 atom stereocenters. The minimum atomic E-state index is -0.389. The van der Waals surface area contributed by atoms with Gasteiger partial charge in [0.1, 0.15) is 11.7 Å². The number of nitrogens with one attached hydrogen (secondary N) is 1. The van der Waals surface area contributed by atoms with Gasteiger partial charge in [-0.05, 0) is 52.6 Å². The molecule has 0 saturated carbocycles. The number of amidine groups is 2. The Balaban J connectivity index is 1.46. The molecule has 3 aromatic carbocycles. The molecule has 6 heteroatoms. The first-order valence-corrected chi connectivity index (χ1v) is 12.1. The van der Waals surface area contributed by atoms with Crippen LogP contribution in [0.2, 0.25) is 0 Å². The summed E-state index contributed by atoms with van der Waals surface area (Å²) >= 11 is 0. The highest BCUT2D eigenvalue weighted by molar-refractivity contribution is 6.62. The number of hydrogen-bond donors (Lipinski definition) is 1. The monoisotopic (exact) mass is 465 g/mol. The van der Waals surface area contributed by atoms with Gasteiger partial charge in [0, 0.05) is 11.1 Å². The van der Waals surface area contributed by atoms with Crippen molar-refractivity contribution in [3.8, 4) is 0 Å². The topological polar surface area (TPSA) is 55.2 Å². The SMILES string of the molecule is Cc1ccc(C2=NC(c3ccc(C)cc3)N=C(c3ccc(B4OC(C)(C)C(C)(C)O4)cc3)N2)cc1. The van der Waals surface area contributed by atoms with Crippen molar-refractivity contribution in [2.45, 2.75) is 58.9 Å². The van der Waals surface area contributed by atoms with Gasteiger partial charge in [-0.2, -0.15) is 0 Å². The molecular weight excluding hydrogens is 433 g/mol. The third-order valence-electron chi connectivity index (χ3n) is 7.15. The van der Waals surface area contributed by atoms with E-state index in [0.717, 1.165) is 33.8 Å². The largest absolute Gasteiger partial charge is 0.494 e. The van der Waals surface area contributed by atoms with Crippen LogP contribution in [0.3, 0.4) is 0 Å². The fourth-order valence-corrected chi connectivity index (χ4v) is 4.12. The number of aliphatic imine (C=N–C) groups is 2. The van der Waals surface area contributed by atoms with E-state index in [1.54, 1.807) is 0 Å². The molecule has 1 fully saturated rings. The molecule has 0 spiro atoms. The van der Waals surface area contributed by atoms with E-state index in [-0.39, 0.29) is 24.5 Å². The lowest BCUT2D eigenvalue weighted by molar-refractivity contribution is 0.00578. The fourth-order valence-electron chi connectivity index (χ4n) is 4.12. The minimum Gasteiger partial charge on any atom is -0.399 e. The lowest BCUT2D eigenvalue weighted by Crippen LogP contribution is -2.41. The third kappa shape index (κ3) is 4.69. The molecular formula is C29H32BN3O2. The van der Waals surface area contributed by atoms with Gasteiger partial charge in [-0.15, -0.1) is 0 Å². The number of nitrogens with zero attached hydrogens (tertiary/aromatic N) is 2. The van der Waals surface area contributed by atoms with Gasteiger partial charge in [0.2, 0.25) is 0 Å². The highest BCUT2D eigenvalue weighted by Gasteiger charge is 2.51. The summed E-state index contributed by atoms with van der Waals surface area (Å²) in [6.45, 7) is 12.4. The Hall–Kier alpha value is -3.22. The van der Waals surface area contributed by atoms with Gasteiger partial charge >= 0.3 is 7.12 Å². The number of rotatable bonds is 4. The summed E-state index contributed by atoms with van der Waals surface area (Å²) in [7, 11) is -0.389. The molecule has 0 amide bonds. The van der Waals surface area contributed by atoms with E-state index in [2.05, 4.69) is 120 Å². The zero-order valence-electron chi connectivity index (χ0n) is 21.3. The zero-order valence-corrected chi connectivity index (χ0v) is 21.3. The van der Waals surface area contributed by atoms with Crippen molar-refractivity contribution in [3.05, 3.63) is 101 Å². The number of benzene rings is 3. The second-order valence-corrected chi connectivity index (χ2v) is 10.4. The molecule has 2 aliphatic rings. The first-order valence-electron chi connectivity index (χ1n) is 12.1. The Bertz CT molecular complexity index is 1260. The van der Waals surface area contributed by atoms with Gasteiger partial charge in [-0.3, -0.25) is 0 Å². The Kier molecular flexibility index (Phi) is 5.90. The highest BCUT2D eigenvalue weighted by Crippen LogP contribution is 2.36. The lowest BCUT2D eigenvalue weighted by atomic mass is 9.79. The summed E-state index contributed by atoms with van der Waals surface area (Å²) in [6, 6.07) is 25.0. The van der Waals surface area contributed by atoms with Gasteiger partial charge in [0.15, 0.2) is 6.17 Å². The maximum atomic E-state index is 6.22. The molecule has 0 bridgehead atoms. The van der Waals surface area contributed by atoms with E-state index < -0.39 is 0 Å². The predicted octanol–water partition coefficient (Wildman–Crippen LogP) is 5.10. The Morgan fingerprint density at radius 3 is 1.57 bits per heavy atom. The van der Waals surface area contributed by atoms with Crippen molar-refractivity contribution in [2.75, 3.05) is 0 Å². The molecule has 2 heterocycles. The first-order chi connectivity index (χ1) is 16.6. The van der Waals surface area contributed by atoms with Crippen LogP contribution in [-0.2, 0) is 9.31 Å². The van der Waals surface area contributed by atoms with Crippen molar-refractivity contribution in [1.82, 2.24) is 5.32 Å². The van der Waals surface area contributed by atoms with Crippen molar-refractivity contribution in [2.24, 2.45) is 9.98 Å². The second kappa shape index (κ2) is 8.78. The van der Waals surface area contributed by atoms with Crippen LogP contribution in [0.5, 0.6) is 0 Å². The molecule has 1 unspecified atom stereocenters. The molecule has 2 aliphatic heterocycles. The molecule has 3 aromatic rings. The van der Waals surface area contributed by atoms with Crippen molar-refractivity contribution >= 4 is 24.3 Å². The summed E-state index contributed by atoms with van der Waals surface area (Å²) in [5.74, 6) is 1.61. The van der Waals surface area contributed by atoms with E-state index >= 15 is 0 Å². The molecule has 0 radical (unpaired) electrons. The first kappa shape index (κ1) is 23.5. The van der Waals surface area contributed by atoms with Gasteiger partial charge in [-0.25, -0.2) is 9.98 Å². The van der Waals surface area contributed by atoms with Crippen LogP contribution in [0.4, 0.5) is 0 Å². The van der Waals surface area contributed by atoms with E-state index in [9.17, 15) is 0 Å². The molecule has 0 aromatic heterocycles. The number of hydrogen-bond acceptors (Lipinski definition) is 5. The molecule has 178 valence electrons. The number of aryl methyl sites for hydroxylation is 2. The predicted molar refractivity (Wildman–Crippen MR) is 143 cm³/mol. The molecule has 5 nitrogen and oxygen atoms in total. The minimum absolute atomic E-state index is 0.314. The highest BCUT2D eigenvalue weighted by atomic mass is 16.7. The molecule has 1 saturated heterocycles. The zero-order chi connectivity index (χ0) is 24.8. The fraction of sp³-hybridized carbons (Fsp3) is 0.310.